The molecule has 0 aliphatic heterocycles. The van der Waals surface area contributed by atoms with E-state index in [-0.39, 0.29) is 0 Å². The lowest BCUT2D eigenvalue weighted by molar-refractivity contribution is 0.644. The van der Waals surface area contributed by atoms with Crippen molar-refractivity contribution in [3.05, 3.63) is 18.3 Å². The van der Waals surface area contributed by atoms with E-state index in [4.69, 9.17) is 5.73 Å². The Labute approximate surface area is 91.3 Å². The monoisotopic (exact) mass is 205 g/mol. The zero-order valence-electron chi connectivity index (χ0n) is 9.48. The summed E-state index contributed by atoms with van der Waals surface area (Å²) in [5, 5.41) is 0. The molecule has 1 saturated carbocycles. The molecule has 0 saturated heterocycles. The van der Waals surface area contributed by atoms with Crippen molar-refractivity contribution in [2.75, 3.05) is 17.2 Å². The second kappa shape index (κ2) is 4.09. The first-order valence-corrected chi connectivity index (χ1v) is 5.65. The molecule has 0 radical (unpaired) electrons. The van der Waals surface area contributed by atoms with Gasteiger partial charge in [-0.3, -0.25) is 0 Å². The SMILES string of the molecule is CC(C)N(CC1CC1)c1ccc(N)nc1. The molecule has 0 bridgehead atoms. The fraction of sp³-hybridized carbons (Fsp3) is 0.583. The van der Waals surface area contributed by atoms with Crippen LogP contribution >= 0.6 is 0 Å². The van der Waals surface area contributed by atoms with Crippen LogP contribution in [0.15, 0.2) is 18.3 Å². The minimum Gasteiger partial charge on any atom is -0.384 e. The summed E-state index contributed by atoms with van der Waals surface area (Å²) in [6, 6.07) is 4.46. The molecule has 1 aromatic rings. The van der Waals surface area contributed by atoms with Crippen molar-refractivity contribution in [1.29, 1.82) is 0 Å². The van der Waals surface area contributed by atoms with Gasteiger partial charge in [-0.05, 0) is 44.7 Å². The summed E-state index contributed by atoms with van der Waals surface area (Å²) in [6.07, 6.45) is 4.63. The number of rotatable bonds is 4. The van der Waals surface area contributed by atoms with Crippen LogP contribution in [0.2, 0.25) is 0 Å². The summed E-state index contributed by atoms with van der Waals surface area (Å²) in [7, 11) is 0. The van der Waals surface area contributed by atoms with Gasteiger partial charge in [0, 0.05) is 12.6 Å². The van der Waals surface area contributed by atoms with E-state index in [0.717, 1.165) is 12.5 Å². The number of hydrogen-bond acceptors (Lipinski definition) is 3. The topological polar surface area (TPSA) is 42.1 Å². The van der Waals surface area contributed by atoms with Crippen molar-refractivity contribution >= 4 is 11.5 Å². The standard InChI is InChI=1S/C12H19N3/c1-9(2)15(8-10-3-4-10)11-5-6-12(13)14-7-11/h5-7,9-10H,3-4,8H2,1-2H3,(H2,13,14). The highest BCUT2D eigenvalue weighted by Crippen LogP contribution is 2.32. The predicted molar refractivity (Wildman–Crippen MR) is 63.9 cm³/mol. The molecule has 15 heavy (non-hydrogen) atoms. The summed E-state index contributed by atoms with van der Waals surface area (Å²) >= 11 is 0. The Kier molecular flexibility index (Phi) is 2.80. The molecular formula is C12H19N3. The number of pyridine rings is 1. The largest absolute Gasteiger partial charge is 0.384 e. The second-order valence-electron chi connectivity index (χ2n) is 4.63. The molecule has 0 amide bonds. The Bertz CT molecular complexity index is 314. The molecule has 1 fully saturated rings. The van der Waals surface area contributed by atoms with Gasteiger partial charge in [0.1, 0.15) is 5.82 Å². The van der Waals surface area contributed by atoms with Crippen LogP contribution < -0.4 is 10.6 Å². The number of nitrogens with zero attached hydrogens (tertiary/aromatic N) is 2. The van der Waals surface area contributed by atoms with Gasteiger partial charge in [0.05, 0.1) is 11.9 Å². The molecule has 82 valence electrons. The van der Waals surface area contributed by atoms with Crippen molar-refractivity contribution in [3.63, 3.8) is 0 Å². The number of nitrogens with two attached hydrogens (primary N) is 1. The molecule has 3 nitrogen and oxygen atoms in total. The predicted octanol–water partition coefficient (Wildman–Crippen LogP) is 2.29. The van der Waals surface area contributed by atoms with Gasteiger partial charge in [-0.1, -0.05) is 0 Å². The average Bonchev–Trinajstić information content (AvgIpc) is 2.99. The lowest BCUT2D eigenvalue weighted by atomic mass is 10.2. The van der Waals surface area contributed by atoms with Gasteiger partial charge in [0.2, 0.25) is 0 Å². The molecule has 1 heterocycles. The first-order chi connectivity index (χ1) is 7.16. The van der Waals surface area contributed by atoms with Gasteiger partial charge in [0.25, 0.3) is 0 Å². The Hall–Kier alpha value is -1.25. The van der Waals surface area contributed by atoms with Crippen molar-refractivity contribution in [2.45, 2.75) is 32.7 Å². The summed E-state index contributed by atoms with van der Waals surface area (Å²) in [6.45, 7) is 5.60. The minimum atomic E-state index is 0.524. The molecule has 2 rings (SSSR count). The third-order valence-corrected chi connectivity index (χ3v) is 2.88. The Balaban J connectivity index is 2.11. The molecule has 1 aromatic heterocycles. The van der Waals surface area contributed by atoms with Crippen LogP contribution in [0.5, 0.6) is 0 Å². The van der Waals surface area contributed by atoms with Crippen LogP contribution in [0.4, 0.5) is 11.5 Å². The molecule has 1 aliphatic carbocycles. The second-order valence-corrected chi connectivity index (χ2v) is 4.63. The number of hydrogen-bond donors (Lipinski definition) is 1. The third-order valence-electron chi connectivity index (χ3n) is 2.88. The van der Waals surface area contributed by atoms with Crippen LogP contribution in [0.3, 0.4) is 0 Å². The van der Waals surface area contributed by atoms with Gasteiger partial charge in [-0.25, -0.2) is 4.98 Å². The summed E-state index contributed by atoms with van der Waals surface area (Å²) in [5.74, 6) is 1.49. The third kappa shape index (κ3) is 2.61. The van der Waals surface area contributed by atoms with E-state index in [1.54, 1.807) is 0 Å². The molecule has 0 atom stereocenters. The van der Waals surface area contributed by atoms with Crippen molar-refractivity contribution in [2.24, 2.45) is 5.92 Å². The van der Waals surface area contributed by atoms with Gasteiger partial charge >= 0.3 is 0 Å². The van der Waals surface area contributed by atoms with Crippen LogP contribution in [0.25, 0.3) is 0 Å². The minimum absolute atomic E-state index is 0.524. The molecular weight excluding hydrogens is 186 g/mol. The summed E-state index contributed by atoms with van der Waals surface area (Å²) in [4.78, 5) is 6.55. The first-order valence-electron chi connectivity index (χ1n) is 5.65. The van der Waals surface area contributed by atoms with Crippen LogP contribution in [-0.4, -0.2) is 17.6 Å². The lowest BCUT2D eigenvalue weighted by Crippen LogP contribution is -2.32. The average molecular weight is 205 g/mol. The molecule has 0 spiro atoms. The van der Waals surface area contributed by atoms with Crippen LogP contribution in [-0.2, 0) is 0 Å². The van der Waals surface area contributed by atoms with Crippen molar-refractivity contribution < 1.29 is 0 Å². The first kappa shape index (κ1) is 10.3. The maximum absolute atomic E-state index is 5.59. The van der Waals surface area contributed by atoms with Gasteiger partial charge in [0.15, 0.2) is 0 Å². The number of nitrogen functional groups attached to an aromatic ring is 1. The Morgan fingerprint density at radius 1 is 1.47 bits per heavy atom. The molecule has 0 aromatic carbocycles. The van der Waals surface area contributed by atoms with E-state index in [1.807, 2.05) is 12.3 Å². The molecule has 0 unspecified atom stereocenters. The maximum atomic E-state index is 5.59. The highest BCUT2D eigenvalue weighted by molar-refractivity contribution is 5.48. The zero-order valence-corrected chi connectivity index (χ0v) is 9.48. The van der Waals surface area contributed by atoms with E-state index < -0.39 is 0 Å². The van der Waals surface area contributed by atoms with Crippen LogP contribution in [0, 0.1) is 5.92 Å². The van der Waals surface area contributed by atoms with E-state index >= 15 is 0 Å². The Morgan fingerprint density at radius 2 is 2.20 bits per heavy atom. The molecule has 3 heteroatoms. The Morgan fingerprint density at radius 3 is 2.67 bits per heavy atom. The molecule has 1 aliphatic rings. The van der Waals surface area contributed by atoms with Crippen molar-refractivity contribution in [1.82, 2.24) is 4.98 Å². The van der Waals surface area contributed by atoms with Crippen molar-refractivity contribution in [3.8, 4) is 0 Å². The number of aromatic nitrogens is 1. The lowest BCUT2D eigenvalue weighted by Gasteiger charge is -2.28. The summed E-state index contributed by atoms with van der Waals surface area (Å²) in [5.41, 5.74) is 6.77. The smallest absolute Gasteiger partial charge is 0.123 e. The van der Waals surface area contributed by atoms with Gasteiger partial charge in [-0.15, -0.1) is 0 Å². The zero-order chi connectivity index (χ0) is 10.8. The fourth-order valence-electron chi connectivity index (χ4n) is 1.76. The quantitative estimate of drug-likeness (QED) is 0.820. The van der Waals surface area contributed by atoms with E-state index in [9.17, 15) is 0 Å². The van der Waals surface area contributed by atoms with Gasteiger partial charge < -0.3 is 10.6 Å². The highest BCUT2D eigenvalue weighted by atomic mass is 15.2. The van der Waals surface area contributed by atoms with E-state index in [2.05, 4.69) is 29.8 Å². The molecule has 2 N–H and O–H groups in total. The van der Waals surface area contributed by atoms with Crippen LogP contribution in [0.1, 0.15) is 26.7 Å². The summed E-state index contributed by atoms with van der Waals surface area (Å²) < 4.78 is 0. The highest BCUT2D eigenvalue weighted by Gasteiger charge is 2.25. The fourth-order valence-corrected chi connectivity index (χ4v) is 1.76. The van der Waals surface area contributed by atoms with Gasteiger partial charge in [-0.2, -0.15) is 0 Å². The number of anilines is 2. The normalized spacial score (nSPS) is 15.7. The maximum Gasteiger partial charge on any atom is 0.123 e. The van der Waals surface area contributed by atoms with E-state index in [1.165, 1.54) is 18.5 Å². The van der Waals surface area contributed by atoms with E-state index in [0.29, 0.717) is 11.9 Å².